The maximum atomic E-state index is 12.8. The van der Waals surface area contributed by atoms with Gasteiger partial charge in [0.05, 0.1) is 5.92 Å². The third kappa shape index (κ3) is 5.12. The maximum Gasteiger partial charge on any atom is 0.258 e. The number of hydrogen-bond acceptors (Lipinski definition) is 4. The lowest BCUT2D eigenvalue weighted by atomic mass is 10.0. The fraction of sp³-hybridized carbons (Fsp3) is 0.609. The van der Waals surface area contributed by atoms with Gasteiger partial charge in [0.2, 0.25) is 11.8 Å². The van der Waals surface area contributed by atoms with E-state index in [0.717, 1.165) is 29.7 Å². The summed E-state index contributed by atoms with van der Waals surface area (Å²) in [4.78, 5) is 40.8. The molecule has 2 fully saturated rings. The fourth-order valence-corrected chi connectivity index (χ4v) is 4.19. The van der Waals surface area contributed by atoms with Gasteiger partial charge in [0.15, 0.2) is 6.61 Å². The van der Waals surface area contributed by atoms with Gasteiger partial charge in [-0.1, -0.05) is 12.1 Å². The molecule has 1 N–H and O–H groups in total. The van der Waals surface area contributed by atoms with Crippen molar-refractivity contribution in [1.82, 2.24) is 15.1 Å². The van der Waals surface area contributed by atoms with E-state index in [1.807, 2.05) is 50.8 Å². The molecule has 164 valence electrons. The van der Waals surface area contributed by atoms with Crippen LogP contribution in [0.3, 0.4) is 0 Å². The summed E-state index contributed by atoms with van der Waals surface area (Å²) in [6.07, 6.45) is 1.74. The van der Waals surface area contributed by atoms with Crippen LogP contribution < -0.4 is 10.1 Å². The zero-order valence-corrected chi connectivity index (χ0v) is 18.4. The summed E-state index contributed by atoms with van der Waals surface area (Å²) in [7, 11) is 0. The van der Waals surface area contributed by atoms with Gasteiger partial charge in [0.1, 0.15) is 5.75 Å². The van der Waals surface area contributed by atoms with Gasteiger partial charge in [-0.25, -0.2) is 0 Å². The minimum absolute atomic E-state index is 0.0152. The Bertz CT molecular complexity index is 800. The average molecular weight is 416 g/mol. The predicted octanol–water partition coefficient (Wildman–Crippen LogP) is 2.05. The zero-order valence-electron chi connectivity index (χ0n) is 18.4. The van der Waals surface area contributed by atoms with Gasteiger partial charge in [-0.3, -0.25) is 14.4 Å². The number of hydrogen-bond donors (Lipinski definition) is 1. The Morgan fingerprint density at radius 1 is 1.20 bits per heavy atom. The van der Waals surface area contributed by atoms with E-state index in [4.69, 9.17) is 4.74 Å². The van der Waals surface area contributed by atoms with Crippen molar-refractivity contribution in [3.63, 3.8) is 0 Å². The molecule has 1 aromatic carbocycles. The van der Waals surface area contributed by atoms with Crippen molar-refractivity contribution in [2.24, 2.45) is 5.92 Å². The molecule has 7 nitrogen and oxygen atoms in total. The number of benzene rings is 1. The number of piperidine rings is 1. The second-order valence-electron chi connectivity index (χ2n) is 8.69. The Hall–Kier alpha value is -2.57. The Kier molecular flexibility index (Phi) is 7.00. The van der Waals surface area contributed by atoms with Crippen LogP contribution in [0, 0.1) is 19.8 Å². The Balaban J connectivity index is 1.42. The van der Waals surface area contributed by atoms with Crippen LogP contribution in [0.2, 0.25) is 0 Å². The van der Waals surface area contributed by atoms with E-state index < -0.39 is 0 Å². The summed E-state index contributed by atoms with van der Waals surface area (Å²) in [6.45, 7) is 9.65. The van der Waals surface area contributed by atoms with Crippen molar-refractivity contribution in [1.29, 1.82) is 0 Å². The van der Waals surface area contributed by atoms with Crippen LogP contribution in [-0.2, 0) is 14.4 Å². The minimum Gasteiger partial charge on any atom is -0.483 e. The molecule has 30 heavy (non-hydrogen) atoms. The summed E-state index contributed by atoms with van der Waals surface area (Å²) in [5.74, 6) is 0.475. The average Bonchev–Trinajstić information content (AvgIpc) is 3.11. The zero-order chi connectivity index (χ0) is 21.8. The van der Waals surface area contributed by atoms with Crippen molar-refractivity contribution in [3.05, 3.63) is 29.3 Å². The maximum absolute atomic E-state index is 12.8. The Labute approximate surface area is 178 Å². The van der Waals surface area contributed by atoms with Crippen molar-refractivity contribution >= 4 is 17.7 Å². The van der Waals surface area contributed by atoms with E-state index in [1.165, 1.54) is 0 Å². The van der Waals surface area contributed by atoms with Gasteiger partial charge in [-0.2, -0.15) is 0 Å². The van der Waals surface area contributed by atoms with Gasteiger partial charge in [0, 0.05) is 38.1 Å². The number of carbonyl (C=O) groups excluding carboxylic acids is 3. The smallest absolute Gasteiger partial charge is 0.258 e. The quantitative estimate of drug-likeness (QED) is 0.771. The van der Waals surface area contributed by atoms with E-state index in [-0.39, 0.29) is 42.3 Å². The van der Waals surface area contributed by atoms with Crippen molar-refractivity contribution in [3.8, 4) is 5.75 Å². The molecule has 2 saturated heterocycles. The first kappa shape index (κ1) is 22.1. The predicted molar refractivity (Wildman–Crippen MR) is 114 cm³/mol. The molecular weight excluding hydrogens is 382 g/mol. The number of carbonyl (C=O) groups is 3. The van der Waals surface area contributed by atoms with Crippen LogP contribution in [0.4, 0.5) is 0 Å². The molecule has 7 heteroatoms. The summed E-state index contributed by atoms with van der Waals surface area (Å²) in [6, 6.07) is 5.97. The lowest BCUT2D eigenvalue weighted by molar-refractivity contribution is -0.137. The van der Waals surface area contributed by atoms with E-state index in [9.17, 15) is 14.4 Å². The molecular formula is C23H33N3O4. The first-order chi connectivity index (χ1) is 14.3. The SMILES string of the molecule is Cc1cccc(OCC(=O)NC2CCN(C(=O)C3CC(=O)N(C(C)C)C3)CC2)c1C. The van der Waals surface area contributed by atoms with E-state index >= 15 is 0 Å². The number of amides is 3. The molecule has 1 unspecified atom stereocenters. The molecule has 2 aliphatic heterocycles. The van der Waals surface area contributed by atoms with E-state index in [1.54, 1.807) is 4.90 Å². The summed E-state index contributed by atoms with van der Waals surface area (Å²) in [5, 5.41) is 3.02. The third-order valence-corrected chi connectivity index (χ3v) is 6.22. The summed E-state index contributed by atoms with van der Waals surface area (Å²) >= 11 is 0. The molecule has 3 rings (SSSR count). The number of nitrogens with zero attached hydrogens (tertiary/aromatic N) is 2. The van der Waals surface area contributed by atoms with Gasteiger partial charge >= 0.3 is 0 Å². The molecule has 0 bridgehead atoms. The number of nitrogens with one attached hydrogen (secondary N) is 1. The highest BCUT2D eigenvalue weighted by atomic mass is 16.5. The number of aryl methyl sites for hydroxylation is 1. The molecule has 0 aliphatic carbocycles. The number of rotatable bonds is 6. The lowest BCUT2D eigenvalue weighted by Crippen LogP contribution is -2.49. The molecule has 3 amide bonds. The summed E-state index contributed by atoms with van der Waals surface area (Å²) < 4.78 is 5.67. The highest BCUT2D eigenvalue weighted by molar-refractivity contribution is 5.89. The van der Waals surface area contributed by atoms with Gasteiger partial charge < -0.3 is 19.9 Å². The first-order valence-electron chi connectivity index (χ1n) is 10.8. The second kappa shape index (κ2) is 9.49. The fourth-order valence-electron chi connectivity index (χ4n) is 4.19. The van der Waals surface area contributed by atoms with Crippen molar-refractivity contribution < 1.29 is 19.1 Å². The van der Waals surface area contributed by atoms with Crippen LogP contribution in [-0.4, -0.2) is 65.8 Å². The Morgan fingerprint density at radius 2 is 1.90 bits per heavy atom. The molecule has 0 spiro atoms. The topological polar surface area (TPSA) is 79.0 Å². The molecule has 0 radical (unpaired) electrons. The van der Waals surface area contributed by atoms with Gasteiger partial charge in [0.25, 0.3) is 5.91 Å². The van der Waals surface area contributed by atoms with Crippen LogP contribution in [0.5, 0.6) is 5.75 Å². The molecule has 2 aliphatic rings. The molecule has 1 atom stereocenters. The van der Waals surface area contributed by atoms with Gasteiger partial charge in [-0.15, -0.1) is 0 Å². The minimum atomic E-state index is -0.239. The van der Waals surface area contributed by atoms with Crippen LogP contribution in [0.25, 0.3) is 0 Å². The first-order valence-corrected chi connectivity index (χ1v) is 10.8. The van der Waals surface area contributed by atoms with E-state index in [0.29, 0.717) is 26.1 Å². The molecule has 0 saturated carbocycles. The van der Waals surface area contributed by atoms with Crippen molar-refractivity contribution in [2.75, 3.05) is 26.2 Å². The monoisotopic (exact) mass is 415 g/mol. The molecule has 1 aromatic rings. The number of likely N-dealkylation sites (tertiary alicyclic amines) is 2. The molecule has 0 aromatic heterocycles. The largest absolute Gasteiger partial charge is 0.483 e. The number of ether oxygens (including phenoxy) is 1. The van der Waals surface area contributed by atoms with Crippen molar-refractivity contribution in [2.45, 2.75) is 59.0 Å². The Morgan fingerprint density at radius 3 is 2.53 bits per heavy atom. The second-order valence-corrected chi connectivity index (χ2v) is 8.69. The van der Waals surface area contributed by atoms with E-state index in [2.05, 4.69) is 5.32 Å². The van der Waals surface area contributed by atoms with Crippen LogP contribution >= 0.6 is 0 Å². The normalized spacial score (nSPS) is 20.0. The highest BCUT2D eigenvalue weighted by Gasteiger charge is 2.38. The highest BCUT2D eigenvalue weighted by Crippen LogP contribution is 2.24. The standard InChI is InChI=1S/C23H33N3O4/c1-15(2)26-13-18(12-22(26)28)23(29)25-10-8-19(9-11-25)24-21(27)14-30-20-7-5-6-16(3)17(20)4/h5-7,15,18-19H,8-14H2,1-4H3,(H,24,27). The third-order valence-electron chi connectivity index (χ3n) is 6.22. The molecule has 2 heterocycles. The van der Waals surface area contributed by atoms with Crippen LogP contribution in [0.1, 0.15) is 44.2 Å². The summed E-state index contributed by atoms with van der Waals surface area (Å²) in [5.41, 5.74) is 2.17. The van der Waals surface area contributed by atoms with Crippen LogP contribution in [0.15, 0.2) is 18.2 Å². The lowest BCUT2D eigenvalue weighted by Gasteiger charge is -2.34. The van der Waals surface area contributed by atoms with Gasteiger partial charge in [-0.05, 0) is 57.7 Å².